The monoisotopic (exact) mass is 272 g/mol. The van der Waals surface area contributed by atoms with Crippen LogP contribution >= 0.6 is 0 Å². The Labute approximate surface area is 115 Å². The molecule has 20 heavy (non-hydrogen) atoms. The number of nitrogens with two attached hydrogens (primary N) is 1. The Balaban J connectivity index is 2.19. The number of halogens is 2. The number of nitrogen functional groups attached to an aromatic ring is 1. The number of fused-ring (bicyclic) bond motifs is 1. The minimum absolute atomic E-state index is 0.439. The van der Waals surface area contributed by atoms with Gasteiger partial charge in [-0.3, -0.25) is 0 Å². The molecule has 0 saturated carbocycles. The van der Waals surface area contributed by atoms with Gasteiger partial charge in [0.1, 0.15) is 17.3 Å². The maximum absolute atomic E-state index is 13.6. The predicted octanol–water partition coefficient (Wildman–Crippen LogP) is 4.26. The first-order valence-corrected chi connectivity index (χ1v) is 6.45. The summed E-state index contributed by atoms with van der Waals surface area (Å²) in [5.41, 5.74) is 8.30. The van der Waals surface area contributed by atoms with Crippen LogP contribution in [-0.4, -0.2) is 4.98 Å². The number of rotatable bonds is 2. The quantitative estimate of drug-likeness (QED) is 0.672. The second-order valence-electron chi connectivity index (χ2n) is 4.78. The Morgan fingerprint density at radius 2 is 1.75 bits per heavy atom. The Hall–Kier alpha value is -2.36. The third kappa shape index (κ3) is 1.93. The first kappa shape index (κ1) is 12.7. The highest BCUT2D eigenvalue weighted by Gasteiger charge is 2.10. The number of benzene rings is 2. The Bertz CT molecular complexity index is 767. The summed E-state index contributed by atoms with van der Waals surface area (Å²) in [6.45, 7) is 2.07. The Kier molecular flexibility index (Phi) is 2.93. The van der Waals surface area contributed by atoms with Gasteiger partial charge in [0, 0.05) is 17.1 Å². The Morgan fingerprint density at radius 3 is 2.40 bits per heavy atom. The highest BCUT2D eigenvalue weighted by atomic mass is 19.1. The molecule has 0 aliphatic heterocycles. The lowest BCUT2D eigenvalue weighted by Gasteiger charge is -2.06. The summed E-state index contributed by atoms with van der Waals surface area (Å²) in [5, 5.41) is 1.07. The normalized spacial score (nSPS) is 11.2. The van der Waals surface area contributed by atoms with Gasteiger partial charge in [-0.15, -0.1) is 0 Å². The first-order valence-electron chi connectivity index (χ1n) is 6.45. The van der Waals surface area contributed by atoms with Gasteiger partial charge in [-0.2, -0.15) is 0 Å². The third-order valence-corrected chi connectivity index (χ3v) is 3.56. The molecule has 1 heterocycles. The fraction of sp³-hybridized carbons (Fsp3) is 0.125. The second kappa shape index (κ2) is 4.63. The van der Waals surface area contributed by atoms with Crippen LogP contribution in [0.1, 0.15) is 12.5 Å². The SMILES string of the molecule is CCc1c[nH]c2ccc(-c3cc(F)c(N)c(F)c3)cc12. The number of hydrogen-bond acceptors (Lipinski definition) is 1. The van der Waals surface area contributed by atoms with E-state index in [0.29, 0.717) is 5.56 Å². The molecule has 0 amide bonds. The lowest BCUT2D eigenvalue weighted by Crippen LogP contribution is -1.96. The number of aryl methyl sites for hydroxylation is 1. The van der Waals surface area contributed by atoms with Gasteiger partial charge in [-0.25, -0.2) is 8.78 Å². The smallest absolute Gasteiger partial charge is 0.149 e. The number of hydrogen-bond donors (Lipinski definition) is 2. The molecule has 0 atom stereocenters. The van der Waals surface area contributed by atoms with Crippen molar-refractivity contribution in [2.75, 3.05) is 5.73 Å². The van der Waals surface area contributed by atoms with Crippen LogP contribution in [0.2, 0.25) is 0 Å². The van der Waals surface area contributed by atoms with Crippen molar-refractivity contribution in [1.29, 1.82) is 0 Å². The van der Waals surface area contributed by atoms with E-state index < -0.39 is 17.3 Å². The molecule has 2 nitrogen and oxygen atoms in total. The number of aromatic nitrogens is 1. The van der Waals surface area contributed by atoms with E-state index in [1.165, 1.54) is 17.7 Å². The maximum atomic E-state index is 13.6. The van der Waals surface area contributed by atoms with Gasteiger partial charge < -0.3 is 10.7 Å². The largest absolute Gasteiger partial charge is 0.394 e. The van der Waals surface area contributed by atoms with E-state index in [1.807, 2.05) is 24.4 Å². The third-order valence-electron chi connectivity index (χ3n) is 3.56. The minimum atomic E-state index is -0.732. The second-order valence-corrected chi connectivity index (χ2v) is 4.78. The zero-order valence-electron chi connectivity index (χ0n) is 11.0. The molecule has 1 aromatic heterocycles. The molecule has 0 aliphatic carbocycles. The number of aromatic amines is 1. The Morgan fingerprint density at radius 1 is 1.05 bits per heavy atom. The van der Waals surface area contributed by atoms with Crippen molar-refractivity contribution in [3.8, 4) is 11.1 Å². The zero-order chi connectivity index (χ0) is 14.3. The van der Waals surface area contributed by atoms with Crippen molar-refractivity contribution < 1.29 is 8.78 Å². The van der Waals surface area contributed by atoms with Crippen LogP contribution in [0.5, 0.6) is 0 Å². The fourth-order valence-electron chi connectivity index (χ4n) is 2.40. The van der Waals surface area contributed by atoms with Gasteiger partial charge in [0.2, 0.25) is 0 Å². The van der Waals surface area contributed by atoms with Crippen LogP contribution in [0.25, 0.3) is 22.0 Å². The minimum Gasteiger partial charge on any atom is -0.394 e. The highest BCUT2D eigenvalue weighted by molar-refractivity contribution is 5.88. The van der Waals surface area contributed by atoms with Crippen molar-refractivity contribution in [1.82, 2.24) is 4.98 Å². The van der Waals surface area contributed by atoms with E-state index in [-0.39, 0.29) is 0 Å². The summed E-state index contributed by atoms with van der Waals surface area (Å²) in [6, 6.07) is 8.21. The molecule has 4 heteroatoms. The fourth-order valence-corrected chi connectivity index (χ4v) is 2.40. The number of H-pyrrole nitrogens is 1. The van der Waals surface area contributed by atoms with E-state index in [9.17, 15) is 8.78 Å². The molecular formula is C16H14F2N2. The maximum Gasteiger partial charge on any atom is 0.149 e. The van der Waals surface area contributed by atoms with Crippen molar-refractivity contribution >= 4 is 16.6 Å². The summed E-state index contributed by atoms with van der Waals surface area (Å²) < 4.78 is 27.1. The zero-order valence-corrected chi connectivity index (χ0v) is 11.0. The molecule has 3 rings (SSSR count). The van der Waals surface area contributed by atoms with Crippen molar-refractivity contribution in [3.05, 3.63) is 53.7 Å². The molecular weight excluding hydrogens is 258 g/mol. The van der Waals surface area contributed by atoms with E-state index in [4.69, 9.17) is 5.73 Å². The molecule has 0 unspecified atom stereocenters. The highest BCUT2D eigenvalue weighted by Crippen LogP contribution is 2.29. The molecule has 2 aromatic carbocycles. The predicted molar refractivity (Wildman–Crippen MR) is 77.4 cm³/mol. The molecule has 0 saturated heterocycles. The van der Waals surface area contributed by atoms with Gasteiger partial charge in [-0.1, -0.05) is 13.0 Å². The molecule has 102 valence electrons. The summed E-state index contributed by atoms with van der Waals surface area (Å²) in [5.74, 6) is -1.46. The summed E-state index contributed by atoms with van der Waals surface area (Å²) in [4.78, 5) is 3.18. The van der Waals surface area contributed by atoms with Crippen LogP contribution < -0.4 is 5.73 Å². The lowest BCUT2D eigenvalue weighted by molar-refractivity contribution is 0.592. The molecule has 0 bridgehead atoms. The summed E-state index contributed by atoms with van der Waals surface area (Å²) in [6.07, 6.45) is 2.85. The average molecular weight is 272 g/mol. The van der Waals surface area contributed by atoms with Gasteiger partial charge in [0.05, 0.1) is 0 Å². The van der Waals surface area contributed by atoms with Crippen LogP contribution in [0.4, 0.5) is 14.5 Å². The summed E-state index contributed by atoms with van der Waals surface area (Å²) in [7, 11) is 0. The molecule has 0 spiro atoms. The van der Waals surface area contributed by atoms with Crippen LogP contribution in [0, 0.1) is 11.6 Å². The topological polar surface area (TPSA) is 41.8 Å². The van der Waals surface area contributed by atoms with Crippen molar-refractivity contribution in [3.63, 3.8) is 0 Å². The van der Waals surface area contributed by atoms with E-state index in [2.05, 4.69) is 11.9 Å². The lowest BCUT2D eigenvalue weighted by atomic mass is 10.0. The summed E-state index contributed by atoms with van der Waals surface area (Å²) >= 11 is 0. The van der Waals surface area contributed by atoms with Gasteiger partial charge in [-0.05, 0) is 47.4 Å². The molecule has 0 fully saturated rings. The molecule has 0 aliphatic rings. The van der Waals surface area contributed by atoms with Crippen LogP contribution in [-0.2, 0) is 6.42 Å². The van der Waals surface area contributed by atoms with Crippen LogP contribution in [0.3, 0.4) is 0 Å². The van der Waals surface area contributed by atoms with Crippen LogP contribution in [0.15, 0.2) is 36.5 Å². The number of anilines is 1. The van der Waals surface area contributed by atoms with Crippen molar-refractivity contribution in [2.45, 2.75) is 13.3 Å². The van der Waals surface area contributed by atoms with E-state index in [0.717, 1.165) is 22.9 Å². The van der Waals surface area contributed by atoms with E-state index >= 15 is 0 Å². The van der Waals surface area contributed by atoms with E-state index in [1.54, 1.807) is 0 Å². The average Bonchev–Trinajstić information content (AvgIpc) is 2.86. The first-order chi connectivity index (χ1) is 9.60. The van der Waals surface area contributed by atoms with Gasteiger partial charge in [0.25, 0.3) is 0 Å². The van der Waals surface area contributed by atoms with Crippen molar-refractivity contribution in [2.24, 2.45) is 0 Å². The molecule has 3 aromatic rings. The standard InChI is InChI=1S/C16H14F2N2/c1-2-9-8-20-15-4-3-10(5-12(9)15)11-6-13(17)16(19)14(18)7-11/h3-8,20H,2,19H2,1H3. The van der Waals surface area contributed by atoms with Gasteiger partial charge >= 0.3 is 0 Å². The number of nitrogens with one attached hydrogen (secondary N) is 1. The molecule has 3 N–H and O–H groups in total. The van der Waals surface area contributed by atoms with Gasteiger partial charge in [0.15, 0.2) is 0 Å². The molecule has 0 radical (unpaired) electrons.